The summed E-state index contributed by atoms with van der Waals surface area (Å²) in [5, 5.41) is 3.53. The van der Waals surface area contributed by atoms with Crippen molar-refractivity contribution in [3.8, 4) is 0 Å². The molecule has 1 aliphatic rings. The van der Waals surface area contributed by atoms with Crippen molar-refractivity contribution in [3.05, 3.63) is 34.9 Å². The maximum absolute atomic E-state index is 3.53. The van der Waals surface area contributed by atoms with Crippen LogP contribution in [0, 0.1) is 0 Å². The molecule has 1 aliphatic carbocycles. The maximum atomic E-state index is 3.53. The van der Waals surface area contributed by atoms with Crippen LogP contribution in [0.4, 0.5) is 0 Å². The van der Waals surface area contributed by atoms with Crippen LogP contribution < -0.4 is 5.32 Å². The standard InChI is InChI=1S/C15H25N/c1-12(2)10-13-6-8-14(9-7-13)11-16-15(3,4)5/h6,8,10,16H,7,9,11H2,1-5H3. The van der Waals surface area contributed by atoms with E-state index in [1.807, 2.05) is 0 Å². The molecule has 0 aliphatic heterocycles. The molecule has 0 saturated carbocycles. The average Bonchev–Trinajstić information content (AvgIpc) is 2.14. The molecule has 0 bridgehead atoms. The molecule has 0 amide bonds. The van der Waals surface area contributed by atoms with E-state index in [1.54, 1.807) is 0 Å². The molecule has 0 aromatic rings. The van der Waals surface area contributed by atoms with E-state index in [1.165, 1.54) is 29.6 Å². The van der Waals surface area contributed by atoms with Crippen LogP contribution in [0.3, 0.4) is 0 Å². The molecule has 0 unspecified atom stereocenters. The summed E-state index contributed by atoms with van der Waals surface area (Å²) in [4.78, 5) is 0. The zero-order chi connectivity index (χ0) is 12.2. The van der Waals surface area contributed by atoms with Crippen molar-refractivity contribution in [1.29, 1.82) is 0 Å². The van der Waals surface area contributed by atoms with E-state index in [-0.39, 0.29) is 5.54 Å². The molecule has 1 rings (SSSR count). The third-order valence-electron chi connectivity index (χ3n) is 2.59. The molecule has 1 N–H and O–H groups in total. The summed E-state index contributed by atoms with van der Waals surface area (Å²) in [5.74, 6) is 0. The SMILES string of the molecule is CC(C)=CC1=CC=C(CNC(C)(C)C)CC1. The lowest BCUT2D eigenvalue weighted by Gasteiger charge is -2.22. The molecule has 0 saturated heterocycles. The first-order chi connectivity index (χ1) is 7.37. The molecule has 1 heteroatoms. The van der Waals surface area contributed by atoms with Crippen LogP contribution in [0.5, 0.6) is 0 Å². The Labute approximate surface area is 100 Å². The molecule has 0 atom stereocenters. The van der Waals surface area contributed by atoms with Crippen molar-refractivity contribution in [2.75, 3.05) is 6.54 Å². The Morgan fingerprint density at radius 1 is 1.25 bits per heavy atom. The third-order valence-corrected chi connectivity index (χ3v) is 2.59. The van der Waals surface area contributed by atoms with Crippen molar-refractivity contribution in [2.24, 2.45) is 0 Å². The van der Waals surface area contributed by atoms with E-state index in [0.717, 1.165) is 6.54 Å². The summed E-state index contributed by atoms with van der Waals surface area (Å²) in [7, 11) is 0. The minimum Gasteiger partial charge on any atom is -0.308 e. The van der Waals surface area contributed by atoms with Crippen LogP contribution in [-0.2, 0) is 0 Å². The molecule has 16 heavy (non-hydrogen) atoms. The fraction of sp³-hybridized carbons (Fsp3) is 0.600. The van der Waals surface area contributed by atoms with E-state index >= 15 is 0 Å². The monoisotopic (exact) mass is 219 g/mol. The van der Waals surface area contributed by atoms with Crippen LogP contribution in [0.15, 0.2) is 34.9 Å². The van der Waals surface area contributed by atoms with Gasteiger partial charge >= 0.3 is 0 Å². The molecule has 0 aromatic carbocycles. The highest BCUT2D eigenvalue weighted by Gasteiger charge is 2.10. The van der Waals surface area contributed by atoms with Crippen molar-refractivity contribution in [3.63, 3.8) is 0 Å². The van der Waals surface area contributed by atoms with Gasteiger partial charge in [-0.1, -0.05) is 29.4 Å². The zero-order valence-corrected chi connectivity index (χ0v) is 11.4. The van der Waals surface area contributed by atoms with E-state index in [9.17, 15) is 0 Å². The highest BCUT2D eigenvalue weighted by Crippen LogP contribution is 2.20. The summed E-state index contributed by atoms with van der Waals surface area (Å²) in [6.45, 7) is 12.0. The lowest BCUT2D eigenvalue weighted by atomic mass is 9.96. The summed E-state index contributed by atoms with van der Waals surface area (Å²) in [6.07, 6.45) is 9.19. The van der Waals surface area contributed by atoms with Crippen LogP contribution in [0.1, 0.15) is 47.5 Å². The molecular formula is C15H25N. The summed E-state index contributed by atoms with van der Waals surface area (Å²) < 4.78 is 0. The number of nitrogens with one attached hydrogen (secondary N) is 1. The Morgan fingerprint density at radius 2 is 1.94 bits per heavy atom. The van der Waals surface area contributed by atoms with E-state index < -0.39 is 0 Å². The first-order valence-electron chi connectivity index (χ1n) is 6.15. The van der Waals surface area contributed by atoms with Gasteiger partial charge in [0.25, 0.3) is 0 Å². The van der Waals surface area contributed by atoms with Gasteiger partial charge in [-0.25, -0.2) is 0 Å². The van der Waals surface area contributed by atoms with E-state index in [2.05, 4.69) is 58.2 Å². The lowest BCUT2D eigenvalue weighted by Crippen LogP contribution is -2.37. The second kappa shape index (κ2) is 5.49. The Bertz CT molecular complexity index is 320. The number of rotatable bonds is 3. The largest absolute Gasteiger partial charge is 0.308 e. The Balaban J connectivity index is 2.52. The number of hydrogen-bond acceptors (Lipinski definition) is 1. The minimum atomic E-state index is 0.213. The normalized spacial score (nSPS) is 16.6. The van der Waals surface area contributed by atoms with Crippen LogP contribution >= 0.6 is 0 Å². The second-order valence-electron chi connectivity index (χ2n) is 5.89. The van der Waals surface area contributed by atoms with Crippen molar-refractivity contribution >= 4 is 0 Å². The van der Waals surface area contributed by atoms with Gasteiger partial charge in [0.05, 0.1) is 0 Å². The van der Waals surface area contributed by atoms with Gasteiger partial charge in [-0.3, -0.25) is 0 Å². The number of allylic oxidation sites excluding steroid dienone is 5. The van der Waals surface area contributed by atoms with E-state index in [0.29, 0.717) is 0 Å². The van der Waals surface area contributed by atoms with E-state index in [4.69, 9.17) is 0 Å². The van der Waals surface area contributed by atoms with Gasteiger partial charge < -0.3 is 5.32 Å². The zero-order valence-electron chi connectivity index (χ0n) is 11.4. The summed E-state index contributed by atoms with van der Waals surface area (Å²) >= 11 is 0. The van der Waals surface area contributed by atoms with Gasteiger partial charge in [0.1, 0.15) is 0 Å². The third kappa shape index (κ3) is 5.32. The van der Waals surface area contributed by atoms with Crippen molar-refractivity contribution < 1.29 is 0 Å². The van der Waals surface area contributed by atoms with Crippen molar-refractivity contribution in [1.82, 2.24) is 5.32 Å². The van der Waals surface area contributed by atoms with Gasteiger partial charge in [0.2, 0.25) is 0 Å². The van der Waals surface area contributed by atoms with Crippen LogP contribution in [0.25, 0.3) is 0 Å². The molecular weight excluding hydrogens is 194 g/mol. The fourth-order valence-corrected chi connectivity index (χ4v) is 1.71. The molecule has 90 valence electrons. The van der Waals surface area contributed by atoms with Gasteiger partial charge in [-0.05, 0) is 53.0 Å². The lowest BCUT2D eigenvalue weighted by molar-refractivity contribution is 0.441. The van der Waals surface area contributed by atoms with Gasteiger partial charge in [0.15, 0.2) is 0 Å². The van der Waals surface area contributed by atoms with Crippen LogP contribution in [-0.4, -0.2) is 12.1 Å². The van der Waals surface area contributed by atoms with Crippen LogP contribution in [0.2, 0.25) is 0 Å². The maximum Gasteiger partial charge on any atom is 0.0172 e. The Kier molecular flexibility index (Phi) is 4.55. The minimum absolute atomic E-state index is 0.213. The first-order valence-corrected chi connectivity index (χ1v) is 6.15. The van der Waals surface area contributed by atoms with Gasteiger partial charge in [-0.15, -0.1) is 0 Å². The quantitative estimate of drug-likeness (QED) is 0.757. The predicted octanol–water partition coefficient (Wildman–Crippen LogP) is 3.99. The molecule has 1 nitrogen and oxygen atoms in total. The first kappa shape index (κ1) is 13.2. The molecule has 0 radical (unpaired) electrons. The highest BCUT2D eigenvalue weighted by molar-refractivity contribution is 5.32. The predicted molar refractivity (Wildman–Crippen MR) is 72.6 cm³/mol. The highest BCUT2D eigenvalue weighted by atomic mass is 14.9. The summed E-state index contributed by atoms with van der Waals surface area (Å²) in [5.41, 5.74) is 4.57. The number of hydrogen-bond donors (Lipinski definition) is 1. The molecule has 0 spiro atoms. The molecule has 0 fully saturated rings. The van der Waals surface area contributed by atoms with Gasteiger partial charge in [0, 0.05) is 12.1 Å². The Morgan fingerprint density at radius 3 is 2.38 bits per heavy atom. The molecule has 0 aromatic heterocycles. The fourth-order valence-electron chi connectivity index (χ4n) is 1.71. The average molecular weight is 219 g/mol. The molecule has 0 heterocycles. The van der Waals surface area contributed by atoms with Gasteiger partial charge in [-0.2, -0.15) is 0 Å². The smallest absolute Gasteiger partial charge is 0.0172 e. The van der Waals surface area contributed by atoms with Crippen molar-refractivity contribution in [2.45, 2.75) is 53.0 Å². The summed E-state index contributed by atoms with van der Waals surface area (Å²) in [6, 6.07) is 0. The second-order valence-corrected chi connectivity index (χ2v) is 5.89. The topological polar surface area (TPSA) is 12.0 Å². The Hall–Kier alpha value is -0.820.